The van der Waals surface area contributed by atoms with Crippen LogP contribution in [0.5, 0.6) is 11.5 Å². The molecular formula is C23H25N5O5S. The molecule has 34 heavy (non-hydrogen) atoms. The number of rotatable bonds is 7. The highest BCUT2D eigenvalue weighted by molar-refractivity contribution is 7.80. The van der Waals surface area contributed by atoms with E-state index in [1.165, 1.54) is 0 Å². The number of nitrogens with zero attached hydrogens (tertiary/aromatic N) is 2. The van der Waals surface area contributed by atoms with Crippen molar-refractivity contribution in [1.29, 1.82) is 0 Å². The Kier molecular flexibility index (Phi) is 6.48. The first-order valence-electron chi connectivity index (χ1n) is 10.8. The number of hydrogen-bond donors (Lipinski definition) is 3. The number of nitrogens with one attached hydrogen (secondary N) is 3. The van der Waals surface area contributed by atoms with Crippen molar-refractivity contribution in [2.75, 3.05) is 38.1 Å². The van der Waals surface area contributed by atoms with Crippen LogP contribution in [0.2, 0.25) is 0 Å². The van der Waals surface area contributed by atoms with Crippen LogP contribution >= 0.6 is 12.2 Å². The zero-order chi connectivity index (χ0) is 23.5. The minimum absolute atomic E-state index is 0.0900. The Labute approximate surface area is 202 Å². The zero-order valence-electron chi connectivity index (χ0n) is 18.7. The third kappa shape index (κ3) is 4.76. The molecule has 0 bridgehead atoms. The molecule has 0 spiro atoms. The quantitative estimate of drug-likeness (QED) is 0.431. The van der Waals surface area contributed by atoms with Crippen LogP contribution in [0, 0.1) is 0 Å². The summed E-state index contributed by atoms with van der Waals surface area (Å²) in [6.07, 6.45) is 2.99. The molecule has 0 saturated carbocycles. The van der Waals surface area contributed by atoms with Gasteiger partial charge in [0.15, 0.2) is 10.9 Å². The monoisotopic (exact) mass is 483 g/mol. The Balaban J connectivity index is 1.19. The second-order valence-corrected chi connectivity index (χ2v) is 8.30. The maximum atomic E-state index is 6.05. The Hall–Kier alpha value is -3.41. The molecule has 11 heteroatoms. The Bertz CT molecular complexity index is 1120. The van der Waals surface area contributed by atoms with E-state index >= 15 is 0 Å². The van der Waals surface area contributed by atoms with E-state index in [9.17, 15) is 0 Å². The van der Waals surface area contributed by atoms with Gasteiger partial charge in [0.2, 0.25) is 5.95 Å². The SMILES string of the molecule is COc1cc(NC(=S)N[C@@H]2CO[C@@H]3[C@@H]2OC[C@@H]3Nc2nccc(-c3ccco3)n2)cc(OC)c1. The maximum absolute atomic E-state index is 6.05. The zero-order valence-corrected chi connectivity index (χ0v) is 19.5. The lowest BCUT2D eigenvalue weighted by molar-refractivity contribution is 0.0689. The van der Waals surface area contributed by atoms with Gasteiger partial charge in [-0.15, -0.1) is 0 Å². The number of anilines is 2. The largest absolute Gasteiger partial charge is 0.497 e. The van der Waals surface area contributed by atoms with Gasteiger partial charge in [-0.2, -0.15) is 0 Å². The molecular weight excluding hydrogens is 458 g/mol. The number of hydrogen-bond acceptors (Lipinski definition) is 9. The maximum Gasteiger partial charge on any atom is 0.223 e. The summed E-state index contributed by atoms with van der Waals surface area (Å²) < 4.78 is 28.1. The normalized spacial score (nSPS) is 23.2. The third-order valence-corrected chi connectivity index (χ3v) is 5.94. The summed E-state index contributed by atoms with van der Waals surface area (Å²) in [6, 6.07) is 10.8. The molecule has 2 aliphatic rings. The van der Waals surface area contributed by atoms with Crippen LogP contribution < -0.4 is 25.4 Å². The molecule has 2 aliphatic heterocycles. The summed E-state index contributed by atoms with van der Waals surface area (Å²) in [6.45, 7) is 0.930. The highest BCUT2D eigenvalue weighted by atomic mass is 32.1. The van der Waals surface area contributed by atoms with Gasteiger partial charge in [-0.25, -0.2) is 9.97 Å². The average molecular weight is 484 g/mol. The van der Waals surface area contributed by atoms with Gasteiger partial charge in [0.25, 0.3) is 0 Å². The van der Waals surface area contributed by atoms with E-state index in [-0.39, 0.29) is 24.3 Å². The van der Waals surface area contributed by atoms with Crippen molar-refractivity contribution in [1.82, 2.24) is 15.3 Å². The number of ether oxygens (including phenoxy) is 4. The van der Waals surface area contributed by atoms with Crippen molar-refractivity contribution < 1.29 is 23.4 Å². The lowest BCUT2D eigenvalue weighted by Gasteiger charge is -2.20. The topological polar surface area (TPSA) is 112 Å². The molecule has 178 valence electrons. The highest BCUT2D eigenvalue weighted by Crippen LogP contribution is 2.30. The van der Waals surface area contributed by atoms with E-state index in [0.29, 0.717) is 47.2 Å². The molecule has 0 aliphatic carbocycles. The van der Waals surface area contributed by atoms with Gasteiger partial charge in [-0.3, -0.25) is 0 Å². The van der Waals surface area contributed by atoms with Crippen LogP contribution in [-0.4, -0.2) is 66.8 Å². The van der Waals surface area contributed by atoms with Crippen molar-refractivity contribution in [2.45, 2.75) is 24.3 Å². The van der Waals surface area contributed by atoms with Gasteiger partial charge in [-0.05, 0) is 30.4 Å². The molecule has 4 heterocycles. The molecule has 2 saturated heterocycles. The molecule has 10 nitrogen and oxygen atoms in total. The van der Waals surface area contributed by atoms with Crippen molar-refractivity contribution in [3.05, 3.63) is 48.9 Å². The van der Waals surface area contributed by atoms with Gasteiger partial charge in [0.05, 0.1) is 45.8 Å². The van der Waals surface area contributed by atoms with Crippen LogP contribution in [0.3, 0.4) is 0 Å². The molecule has 0 radical (unpaired) electrons. The van der Waals surface area contributed by atoms with E-state index in [0.717, 1.165) is 5.69 Å². The average Bonchev–Trinajstić information content (AvgIpc) is 3.60. The Morgan fingerprint density at radius 2 is 1.76 bits per heavy atom. The summed E-state index contributed by atoms with van der Waals surface area (Å²) in [7, 11) is 3.20. The predicted molar refractivity (Wildman–Crippen MR) is 129 cm³/mol. The predicted octanol–water partition coefficient (Wildman–Crippen LogP) is 2.69. The van der Waals surface area contributed by atoms with E-state index in [2.05, 4.69) is 25.9 Å². The molecule has 0 amide bonds. The summed E-state index contributed by atoms with van der Waals surface area (Å²) in [5.74, 6) is 2.51. The van der Waals surface area contributed by atoms with E-state index in [1.54, 1.807) is 38.8 Å². The van der Waals surface area contributed by atoms with E-state index in [4.69, 9.17) is 35.6 Å². The van der Waals surface area contributed by atoms with E-state index < -0.39 is 0 Å². The Morgan fingerprint density at radius 1 is 1.03 bits per heavy atom. The number of aromatic nitrogens is 2. The first kappa shape index (κ1) is 22.4. The van der Waals surface area contributed by atoms with Crippen LogP contribution in [0.25, 0.3) is 11.5 Å². The fraction of sp³-hybridized carbons (Fsp3) is 0.348. The lowest BCUT2D eigenvalue weighted by atomic mass is 10.1. The summed E-state index contributed by atoms with van der Waals surface area (Å²) in [5.41, 5.74) is 1.46. The number of benzene rings is 1. The van der Waals surface area contributed by atoms with Crippen molar-refractivity contribution in [3.8, 4) is 23.0 Å². The summed E-state index contributed by atoms with van der Waals surface area (Å²) in [5, 5.41) is 10.3. The van der Waals surface area contributed by atoms with Gasteiger partial charge >= 0.3 is 0 Å². The minimum atomic E-state index is -0.162. The number of methoxy groups -OCH3 is 2. The molecule has 0 unspecified atom stereocenters. The van der Waals surface area contributed by atoms with Crippen LogP contribution in [0.15, 0.2) is 53.3 Å². The minimum Gasteiger partial charge on any atom is -0.497 e. The number of thiocarbonyl (C=S) groups is 1. The number of furan rings is 1. The molecule has 3 N–H and O–H groups in total. The molecule has 2 fully saturated rings. The summed E-state index contributed by atoms with van der Waals surface area (Å²) >= 11 is 5.52. The first-order chi connectivity index (χ1) is 16.6. The fourth-order valence-corrected chi connectivity index (χ4v) is 4.39. The van der Waals surface area contributed by atoms with Crippen LogP contribution in [0.1, 0.15) is 0 Å². The van der Waals surface area contributed by atoms with Gasteiger partial charge in [0.1, 0.15) is 29.4 Å². The van der Waals surface area contributed by atoms with Gasteiger partial charge in [-0.1, -0.05) is 0 Å². The van der Waals surface area contributed by atoms with Gasteiger partial charge < -0.3 is 39.3 Å². The number of fused-ring (bicyclic) bond motifs is 1. The second-order valence-electron chi connectivity index (χ2n) is 7.90. The molecule has 5 rings (SSSR count). The summed E-state index contributed by atoms with van der Waals surface area (Å²) in [4.78, 5) is 8.87. The molecule has 1 aromatic carbocycles. The molecule has 4 atom stereocenters. The smallest absolute Gasteiger partial charge is 0.223 e. The highest BCUT2D eigenvalue weighted by Gasteiger charge is 2.48. The molecule has 3 aromatic rings. The van der Waals surface area contributed by atoms with Crippen molar-refractivity contribution in [3.63, 3.8) is 0 Å². The standard InChI is InChI=1S/C23H25N5O5S/c1-29-14-8-13(9-15(10-14)30-2)25-23(34)28-18-12-33-20-17(11-32-21(18)20)27-22-24-6-5-16(26-22)19-4-3-7-31-19/h3-10,17-18,20-21H,11-12H2,1-2H3,(H,24,26,27)(H2,25,28,34)/t17-,18+,20-,21+/m0/s1. The Morgan fingerprint density at radius 3 is 2.47 bits per heavy atom. The lowest BCUT2D eigenvalue weighted by Crippen LogP contribution is -2.46. The molecule has 2 aromatic heterocycles. The third-order valence-electron chi connectivity index (χ3n) is 5.72. The van der Waals surface area contributed by atoms with Gasteiger partial charge in [0, 0.05) is 30.1 Å². The van der Waals surface area contributed by atoms with Crippen LogP contribution in [0.4, 0.5) is 11.6 Å². The fourth-order valence-electron chi connectivity index (χ4n) is 4.12. The van der Waals surface area contributed by atoms with E-state index in [1.807, 2.05) is 24.3 Å². The van der Waals surface area contributed by atoms with Crippen molar-refractivity contribution in [2.24, 2.45) is 0 Å². The van der Waals surface area contributed by atoms with Crippen LogP contribution in [-0.2, 0) is 9.47 Å². The van der Waals surface area contributed by atoms with Crippen molar-refractivity contribution >= 4 is 29.0 Å². The first-order valence-corrected chi connectivity index (χ1v) is 11.2. The second kappa shape index (κ2) is 9.84.